The highest BCUT2D eigenvalue weighted by atomic mass is 19.1. The molecule has 2 aliphatic heterocycles. The van der Waals surface area contributed by atoms with Crippen molar-refractivity contribution in [2.45, 2.75) is 51.1 Å². The summed E-state index contributed by atoms with van der Waals surface area (Å²) < 4.78 is 13.7. The molecule has 1 aromatic carbocycles. The molecule has 0 spiro atoms. The molecule has 0 saturated carbocycles. The normalized spacial score (nSPS) is 19.6. The summed E-state index contributed by atoms with van der Waals surface area (Å²) in [5.41, 5.74) is 2.68. The smallest absolute Gasteiger partial charge is 0.223 e. The number of aromatic nitrogens is 2. The molecular weight excluding hydrogens is 343 g/mol. The lowest BCUT2D eigenvalue weighted by Gasteiger charge is -2.29. The topological polar surface area (TPSA) is 58.1 Å². The van der Waals surface area contributed by atoms with E-state index in [2.05, 4.69) is 10.3 Å². The summed E-state index contributed by atoms with van der Waals surface area (Å²) >= 11 is 0. The second kappa shape index (κ2) is 8.13. The number of fused-ring (bicyclic) bond motifs is 1. The maximum absolute atomic E-state index is 13.7. The molecule has 6 heteroatoms. The summed E-state index contributed by atoms with van der Waals surface area (Å²) in [5, 5.41) is 3.49. The highest BCUT2D eigenvalue weighted by Crippen LogP contribution is 2.23. The number of nitrogens with one attached hydrogen (secondary N) is 1. The van der Waals surface area contributed by atoms with Crippen molar-refractivity contribution >= 4 is 5.91 Å². The van der Waals surface area contributed by atoms with Gasteiger partial charge in [-0.2, -0.15) is 0 Å². The first-order chi connectivity index (χ1) is 13.2. The van der Waals surface area contributed by atoms with Gasteiger partial charge in [-0.05, 0) is 37.4 Å². The standard InChI is InChI=1S/C21H25FN4O/c22-17-6-2-1-5-15(17)8-9-20(27)26-12-10-18-16(14-26)13-24-21(25-18)19-7-3-4-11-23-19/h1-2,5-6,13,19,23H,3-4,7-12,14H2/t19-/m1/s1. The lowest BCUT2D eigenvalue weighted by Crippen LogP contribution is -2.37. The van der Waals surface area contributed by atoms with Crippen molar-refractivity contribution in [2.75, 3.05) is 13.1 Å². The molecule has 27 heavy (non-hydrogen) atoms. The number of carbonyl (C=O) groups excluding carboxylic acids is 1. The van der Waals surface area contributed by atoms with Gasteiger partial charge in [0.2, 0.25) is 5.91 Å². The van der Waals surface area contributed by atoms with Crippen molar-refractivity contribution in [3.8, 4) is 0 Å². The van der Waals surface area contributed by atoms with E-state index in [1.165, 1.54) is 18.9 Å². The van der Waals surface area contributed by atoms with E-state index in [1.807, 2.05) is 11.1 Å². The largest absolute Gasteiger partial charge is 0.338 e. The van der Waals surface area contributed by atoms with Gasteiger partial charge in [0.15, 0.2) is 0 Å². The molecule has 0 unspecified atom stereocenters. The number of hydrogen-bond donors (Lipinski definition) is 1. The minimum atomic E-state index is -0.244. The van der Waals surface area contributed by atoms with Crippen LogP contribution >= 0.6 is 0 Å². The Balaban J connectivity index is 1.37. The average molecular weight is 368 g/mol. The Bertz CT molecular complexity index is 820. The molecule has 2 aliphatic rings. The minimum absolute atomic E-state index is 0.0573. The summed E-state index contributed by atoms with van der Waals surface area (Å²) in [6.07, 6.45) is 6.89. The first-order valence-corrected chi connectivity index (χ1v) is 9.80. The number of hydrogen-bond acceptors (Lipinski definition) is 4. The molecule has 142 valence electrons. The summed E-state index contributed by atoms with van der Waals surface area (Å²) in [6, 6.07) is 6.90. The van der Waals surface area contributed by atoms with Gasteiger partial charge in [0.1, 0.15) is 11.6 Å². The maximum Gasteiger partial charge on any atom is 0.223 e. The third kappa shape index (κ3) is 4.16. The van der Waals surface area contributed by atoms with Gasteiger partial charge in [-0.15, -0.1) is 0 Å². The van der Waals surface area contributed by atoms with Crippen molar-refractivity contribution < 1.29 is 9.18 Å². The quantitative estimate of drug-likeness (QED) is 0.901. The predicted molar refractivity (Wildman–Crippen MR) is 100 cm³/mol. The second-order valence-corrected chi connectivity index (χ2v) is 7.36. The van der Waals surface area contributed by atoms with Crippen molar-refractivity contribution in [2.24, 2.45) is 0 Å². The lowest BCUT2D eigenvalue weighted by molar-refractivity contribution is -0.132. The van der Waals surface area contributed by atoms with Gasteiger partial charge in [0, 0.05) is 37.7 Å². The van der Waals surface area contributed by atoms with Crippen LogP contribution < -0.4 is 5.32 Å². The summed E-state index contributed by atoms with van der Waals surface area (Å²) in [4.78, 5) is 23.7. The van der Waals surface area contributed by atoms with E-state index in [1.54, 1.807) is 18.2 Å². The Morgan fingerprint density at radius 2 is 2.19 bits per heavy atom. The van der Waals surface area contributed by atoms with Crippen molar-refractivity contribution in [1.82, 2.24) is 20.2 Å². The Morgan fingerprint density at radius 3 is 3.00 bits per heavy atom. The number of rotatable bonds is 4. The molecule has 1 fully saturated rings. The van der Waals surface area contributed by atoms with Crippen molar-refractivity contribution in [3.63, 3.8) is 0 Å². The second-order valence-electron chi connectivity index (χ2n) is 7.36. The van der Waals surface area contributed by atoms with Crippen LogP contribution in [0.4, 0.5) is 4.39 Å². The van der Waals surface area contributed by atoms with Crippen molar-refractivity contribution in [1.29, 1.82) is 0 Å². The number of benzene rings is 1. The summed E-state index contributed by atoms with van der Waals surface area (Å²) in [7, 11) is 0. The Kier molecular flexibility index (Phi) is 5.43. The van der Waals surface area contributed by atoms with E-state index in [0.29, 0.717) is 31.5 Å². The third-order valence-corrected chi connectivity index (χ3v) is 5.49. The predicted octanol–water partition coefficient (Wildman–Crippen LogP) is 2.95. The van der Waals surface area contributed by atoms with Crippen LogP contribution in [0.15, 0.2) is 30.5 Å². The van der Waals surface area contributed by atoms with E-state index in [4.69, 9.17) is 4.98 Å². The van der Waals surface area contributed by atoms with Crippen LogP contribution in [0.3, 0.4) is 0 Å². The van der Waals surface area contributed by atoms with E-state index >= 15 is 0 Å². The van der Waals surface area contributed by atoms with Crippen LogP contribution in [-0.4, -0.2) is 33.9 Å². The van der Waals surface area contributed by atoms with Crippen LogP contribution in [0.1, 0.15) is 54.4 Å². The van der Waals surface area contributed by atoms with Gasteiger partial charge in [-0.25, -0.2) is 14.4 Å². The molecular formula is C21H25FN4O. The van der Waals surface area contributed by atoms with Crippen LogP contribution in [0.25, 0.3) is 0 Å². The van der Waals surface area contributed by atoms with Gasteiger partial charge in [-0.1, -0.05) is 24.6 Å². The zero-order valence-electron chi connectivity index (χ0n) is 15.5. The van der Waals surface area contributed by atoms with Crippen molar-refractivity contribution in [3.05, 3.63) is 58.9 Å². The monoisotopic (exact) mass is 368 g/mol. The van der Waals surface area contributed by atoms with Crippen LogP contribution in [0, 0.1) is 5.82 Å². The van der Waals surface area contributed by atoms with Gasteiger partial charge in [-0.3, -0.25) is 4.79 Å². The van der Waals surface area contributed by atoms with E-state index in [-0.39, 0.29) is 17.8 Å². The number of nitrogens with zero attached hydrogens (tertiary/aromatic N) is 3. The molecule has 4 rings (SSSR count). The number of amides is 1. The zero-order chi connectivity index (χ0) is 18.6. The molecule has 2 aromatic rings. The van der Waals surface area contributed by atoms with Gasteiger partial charge in [0.05, 0.1) is 11.7 Å². The number of carbonyl (C=O) groups is 1. The molecule has 5 nitrogen and oxygen atoms in total. The summed E-state index contributed by atoms with van der Waals surface area (Å²) in [5.74, 6) is 0.696. The van der Waals surface area contributed by atoms with Crippen LogP contribution in [0.2, 0.25) is 0 Å². The van der Waals surface area contributed by atoms with E-state index in [0.717, 1.165) is 36.5 Å². The SMILES string of the molecule is O=C(CCc1ccccc1F)N1CCc2nc([C@H]3CCCCN3)ncc2C1. The van der Waals surface area contributed by atoms with Gasteiger partial charge >= 0.3 is 0 Å². The molecule has 1 N–H and O–H groups in total. The first kappa shape index (κ1) is 18.0. The molecule has 1 amide bonds. The Labute approximate surface area is 159 Å². The minimum Gasteiger partial charge on any atom is -0.338 e. The fraction of sp³-hybridized carbons (Fsp3) is 0.476. The first-order valence-electron chi connectivity index (χ1n) is 9.80. The molecule has 0 bridgehead atoms. The van der Waals surface area contributed by atoms with E-state index in [9.17, 15) is 9.18 Å². The lowest BCUT2D eigenvalue weighted by atomic mass is 10.0. The average Bonchev–Trinajstić information content (AvgIpc) is 2.73. The summed E-state index contributed by atoms with van der Waals surface area (Å²) in [6.45, 7) is 2.23. The number of aryl methyl sites for hydroxylation is 1. The maximum atomic E-state index is 13.7. The molecule has 3 heterocycles. The molecule has 0 aliphatic carbocycles. The fourth-order valence-electron chi connectivity index (χ4n) is 3.89. The van der Waals surface area contributed by atoms with E-state index < -0.39 is 0 Å². The Hall–Kier alpha value is -2.34. The van der Waals surface area contributed by atoms with Gasteiger partial charge < -0.3 is 10.2 Å². The van der Waals surface area contributed by atoms with Crippen LogP contribution in [-0.2, 0) is 24.2 Å². The molecule has 1 atom stereocenters. The Morgan fingerprint density at radius 1 is 1.30 bits per heavy atom. The van der Waals surface area contributed by atoms with Crippen LogP contribution in [0.5, 0.6) is 0 Å². The molecule has 1 saturated heterocycles. The molecule has 0 radical (unpaired) electrons. The zero-order valence-corrected chi connectivity index (χ0v) is 15.5. The highest BCUT2D eigenvalue weighted by Gasteiger charge is 2.24. The fourth-order valence-corrected chi connectivity index (χ4v) is 3.89. The third-order valence-electron chi connectivity index (χ3n) is 5.49. The highest BCUT2D eigenvalue weighted by molar-refractivity contribution is 5.76. The number of halogens is 1. The number of piperidine rings is 1. The molecule has 1 aromatic heterocycles. The van der Waals surface area contributed by atoms with Gasteiger partial charge in [0.25, 0.3) is 0 Å².